The van der Waals surface area contributed by atoms with Crippen LogP contribution in [0.2, 0.25) is 10.0 Å². The van der Waals surface area contributed by atoms with Crippen LogP contribution in [0.4, 0.5) is 11.4 Å². The minimum Gasteiger partial charge on any atom is -0.503 e. The molecule has 0 bridgehead atoms. The number of nitrogen functional groups attached to an aromatic ring is 2. The van der Waals surface area contributed by atoms with Crippen molar-refractivity contribution in [1.29, 1.82) is 0 Å². The zero-order valence-corrected chi connectivity index (χ0v) is 7.32. The van der Waals surface area contributed by atoms with Gasteiger partial charge in [0.25, 0.3) is 0 Å². The number of nitrogens with two attached hydrogens (primary N) is 2. The third kappa shape index (κ3) is 1.09. The fourth-order valence-corrected chi connectivity index (χ4v) is 1.08. The standard InChI is InChI=1S/C6H6Cl2N2O2/c7-1-3(9)4(10)2(8)6(12)5(1)11/h11-12H,9-10H2. The smallest absolute Gasteiger partial charge is 0.180 e. The Morgan fingerprint density at radius 2 is 1.08 bits per heavy atom. The second-order valence-corrected chi connectivity index (χ2v) is 2.91. The van der Waals surface area contributed by atoms with Crippen LogP contribution < -0.4 is 11.5 Å². The number of anilines is 2. The summed E-state index contributed by atoms with van der Waals surface area (Å²) in [6.07, 6.45) is 0. The average Bonchev–Trinajstić information content (AvgIpc) is 2.08. The normalized spacial score (nSPS) is 10.2. The summed E-state index contributed by atoms with van der Waals surface area (Å²) in [5.74, 6) is -1.12. The number of benzene rings is 1. The first-order valence-corrected chi connectivity index (χ1v) is 3.66. The average molecular weight is 209 g/mol. The molecular weight excluding hydrogens is 203 g/mol. The molecule has 66 valence electrons. The van der Waals surface area contributed by atoms with Gasteiger partial charge in [-0.05, 0) is 0 Å². The minimum absolute atomic E-state index is 0.0445. The van der Waals surface area contributed by atoms with Gasteiger partial charge in [0.2, 0.25) is 0 Å². The number of phenols is 2. The summed E-state index contributed by atoms with van der Waals surface area (Å²) >= 11 is 11.0. The van der Waals surface area contributed by atoms with Crippen LogP contribution >= 0.6 is 23.2 Å². The Kier molecular flexibility index (Phi) is 2.12. The van der Waals surface area contributed by atoms with Crippen LogP contribution in [0.1, 0.15) is 0 Å². The maximum atomic E-state index is 9.09. The minimum atomic E-state index is -0.562. The number of rotatable bonds is 0. The highest BCUT2D eigenvalue weighted by molar-refractivity contribution is 6.40. The first kappa shape index (κ1) is 9.09. The molecule has 6 heteroatoms. The zero-order chi connectivity index (χ0) is 9.46. The molecule has 0 atom stereocenters. The van der Waals surface area contributed by atoms with Gasteiger partial charge in [0, 0.05) is 0 Å². The van der Waals surface area contributed by atoms with Crippen molar-refractivity contribution in [3.05, 3.63) is 10.0 Å². The molecule has 1 rings (SSSR count). The summed E-state index contributed by atoms with van der Waals surface area (Å²) in [5.41, 5.74) is 10.6. The molecule has 0 saturated heterocycles. The van der Waals surface area contributed by atoms with E-state index in [1.54, 1.807) is 0 Å². The van der Waals surface area contributed by atoms with Gasteiger partial charge in [-0.1, -0.05) is 23.2 Å². The van der Waals surface area contributed by atoms with E-state index in [1.165, 1.54) is 0 Å². The van der Waals surface area contributed by atoms with E-state index >= 15 is 0 Å². The van der Waals surface area contributed by atoms with Gasteiger partial charge in [0.05, 0.1) is 11.4 Å². The van der Waals surface area contributed by atoms with Gasteiger partial charge < -0.3 is 21.7 Å². The van der Waals surface area contributed by atoms with Crippen LogP contribution in [0.3, 0.4) is 0 Å². The van der Waals surface area contributed by atoms with E-state index in [9.17, 15) is 0 Å². The Morgan fingerprint density at radius 1 is 0.833 bits per heavy atom. The Morgan fingerprint density at radius 3 is 1.33 bits per heavy atom. The molecular formula is C6H6Cl2N2O2. The second-order valence-electron chi connectivity index (χ2n) is 2.15. The lowest BCUT2D eigenvalue weighted by molar-refractivity contribution is 0.405. The summed E-state index contributed by atoms with van der Waals surface area (Å²) in [5, 5.41) is 17.8. The van der Waals surface area contributed by atoms with Gasteiger partial charge in [-0.2, -0.15) is 0 Å². The van der Waals surface area contributed by atoms with Crippen LogP contribution in [-0.4, -0.2) is 10.2 Å². The van der Waals surface area contributed by atoms with Crippen LogP contribution in [0.5, 0.6) is 11.5 Å². The summed E-state index contributed by atoms with van der Waals surface area (Å²) < 4.78 is 0. The summed E-state index contributed by atoms with van der Waals surface area (Å²) in [4.78, 5) is 0. The molecule has 0 radical (unpaired) electrons. The van der Waals surface area contributed by atoms with Crippen molar-refractivity contribution in [2.24, 2.45) is 0 Å². The fraction of sp³-hybridized carbons (Fsp3) is 0. The van der Waals surface area contributed by atoms with Crippen molar-refractivity contribution in [3.8, 4) is 11.5 Å². The van der Waals surface area contributed by atoms with E-state index < -0.39 is 11.5 Å². The maximum absolute atomic E-state index is 9.09. The number of hydrogen-bond acceptors (Lipinski definition) is 4. The van der Waals surface area contributed by atoms with Gasteiger partial charge in [-0.15, -0.1) is 0 Å². The van der Waals surface area contributed by atoms with E-state index in [-0.39, 0.29) is 21.4 Å². The van der Waals surface area contributed by atoms with Crippen molar-refractivity contribution in [2.75, 3.05) is 11.5 Å². The highest BCUT2D eigenvalue weighted by atomic mass is 35.5. The fourth-order valence-electron chi connectivity index (χ4n) is 0.699. The van der Waals surface area contributed by atoms with Crippen molar-refractivity contribution in [1.82, 2.24) is 0 Å². The lowest BCUT2D eigenvalue weighted by Crippen LogP contribution is -1.96. The Bertz CT molecular complexity index is 236. The quantitative estimate of drug-likeness (QED) is 0.296. The van der Waals surface area contributed by atoms with Crippen molar-refractivity contribution >= 4 is 34.6 Å². The Balaban J connectivity index is 3.60. The third-order valence-corrected chi connectivity index (χ3v) is 2.17. The number of hydrogen-bond donors (Lipinski definition) is 4. The molecule has 0 aliphatic rings. The SMILES string of the molecule is Nc1c(N)c(Cl)c(O)c(O)c1Cl. The van der Waals surface area contributed by atoms with Crippen LogP contribution in [0.25, 0.3) is 0 Å². The molecule has 0 amide bonds. The lowest BCUT2D eigenvalue weighted by atomic mass is 10.2. The zero-order valence-electron chi connectivity index (χ0n) is 5.81. The molecule has 12 heavy (non-hydrogen) atoms. The molecule has 0 spiro atoms. The van der Waals surface area contributed by atoms with Crippen molar-refractivity contribution in [3.63, 3.8) is 0 Å². The highest BCUT2D eigenvalue weighted by Gasteiger charge is 2.17. The van der Waals surface area contributed by atoms with Gasteiger partial charge in [0.15, 0.2) is 11.5 Å². The molecule has 1 aromatic carbocycles. The first-order chi connectivity index (χ1) is 5.46. The molecule has 0 aromatic heterocycles. The number of aromatic hydroxyl groups is 2. The van der Waals surface area contributed by atoms with Gasteiger partial charge >= 0.3 is 0 Å². The largest absolute Gasteiger partial charge is 0.503 e. The van der Waals surface area contributed by atoms with Crippen LogP contribution in [0, 0.1) is 0 Å². The Hall–Kier alpha value is -1.00. The molecule has 0 unspecified atom stereocenters. The van der Waals surface area contributed by atoms with E-state index in [0.717, 1.165) is 0 Å². The third-order valence-electron chi connectivity index (χ3n) is 1.40. The molecule has 6 N–H and O–H groups in total. The summed E-state index contributed by atoms with van der Waals surface area (Å²) in [6, 6.07) is 0. The van der Waals surface area contributed by atoms with Gasteiger partial charge in [-0.3, -0.25) is 0 Å². The van der Waals surface area contributed by atoms with E-state index in [1.807, 2.05) is 0 Å². The van der Waals surface area contributed by atoms with E-state index in [4.69, 9.17) is 44.9 Å². The highest BCUT2D eigenvalue weighted by Crippen LogP contribution is 2.47. The van der Waals surface area contributed by atoms with Crippen molar-refractivity contribution < 1.29 is 10.2 Å². The van der Waals surface area contributed by atoms with Gasteiger partial charge in [-0.25, -0.2) is 0 Å². The van der Waals surface area contributed by atoms with E-state index in [0.29, 0.717) is 0 Å². The monoisotopic (exact) mass is 208 g/mol. The van der Waals surface area contributed by atoms with E-state index in [2.05, 4.69) is 0 Å². The summed E-state index contributed by atoms with van der Waals surface area (Å²) in [6.45, 7) is 0. The molecule has 0 heterocycles. The number of halogens is 2. The van der Waals surface area contributed by atoms with Crippen LogP contribution in [-0.2, 0) is 0 Å². The lowest BCUT2D eigenvalue weighted by Gasteiger charge is -2.08. The number of phenolic OH excluding ortho intramolecular Hbond substituents is 2. The topological polar surface area (TPSA) is 92.5 Å². The molecule has 0 fully saturated rings. The van der Waals surface area contributed by atoms with Gasteiger partial charge in [0.1, 0.15) is 10.0 Å². The van der Waals surface area contributed by atoms with Crippen LogP contribution in [0.15, 0.2) is 0 Å². The Labute approximate surface area is 78.3 Å². The molecule has 4 nitrogen and oxygen atoms in total. The maximum Gasteiger partial charge on any atom is 0.180 e. The molecule has 0 saturated carbocycles. The predicted octanol–water partition coefficient (Wildman–Crippen LogP) is 1.57. The molecule has 0 aliphatic heterocycles. The molecule has 0 aliphatic carbocycles. The predicted molar refractivity (Wildman–Crippen MR) is 48.6 cm³/mol. The summed E-state index contributed by atoms with van der Waals surface area (Å²) in [7, 11) is 0. The second kappa shape index (κ2) is 2.80. The van der Waals surface area contributed by atoms with Crippen molar-refractivity contribution in [2.45, 2.75) is 0 Å². The molecule has 1 aromatic rings. The first-order valence-electron chi connectivity index (χ1n) is 2.90.